The highest BCUT2D eigenvalue weighted by Crippen LogP contribution is 2.13. The summed E-state index contributed by atoms with van der Waals surface area (Å²) < 4.78 is 13.0. The Hall–Kier alpha value is -2.40. The fourth-order valence-electron chi connectivity index (χ4n) is 3.10. The fourth-order valence-corrected chi connectivity index (χ4v) is 3.10. The number of rotatable bonds is 5. The van der Waals surface area contributed by atoms with Crippen LogP contribution in [0, 0.1) is 5.82 Å². The minimum absolute atomic E-state index is 0.0867. The van der Waals surface area contributed by atoms with Crippen molar-refractivity contribution >= 4 is 11.6 Å². The van der Waals surface area contributed by atoms with Crippen molar-refractivity contribution in [2.45, 2.75) is 19.5 Å². The highest BCUT2D eigenvalue weighted by molar-refractivity contribution is 5.84. The van der Waals surface area contributed by atoms with E-state index in [-0.39, 0.29) is 17.8 Å². The zero-order valence-corrected chi connectivity index (χ0v) is 14.5. The van der Waals surface area contributed by atoms with Crippen molar-refractivity contribution < 1.29 is 9.18 Å². The first-order valence-electron chi connectivity index (χ1n) is 8.69. The van der Waals surface area contributed by atoms with Crippen LogP contribution in [-0.2, 0) is 11.3 Å². The van der Waals surface area contributed by atoms with Crippen LogP contribution in [0.4, 0.5) is 10.1 Å². The van der Waals surface area contributed by atoms with Gasteiger partial charge in [-0.1, -0.05) is 30.3 Å². The Balaban J connectivity index is 1.48. The fraction of sp³-hybridized carbons (Fsp3) is 0.350. The van der Waals surface area contributed by atoms with Crippen molar-refractivity contribution in [1.29, 1.82) is 0 Å². The second kappa shape index (κ2) is 8.12. The molecule has 1 atom stereocenters. The van der Waals surface area contributed by atoms with Crippen LogP contribution in [0.25, 0.3) is 0 Å². The van der Waals surface area contributed by atoms with Gasteiger partial charge in [-0.2, -0.15) is 0 Å². The molecule has 1 saturated heterocycles. The smallest absolute Gasteiger partial charge is 0.244 e. The second-order valence-corrected chi connectivity index (χ2v) is 6.46. The van der Waals surface area contributed by atoms with Crippen LogP contribution in [0.15, 0.2) is 54.6 Å². The van der Waals surface area contributed by atoms with Gasteiger partial charge in [0.1, 0.15) is 11.9 Å². The van der Waals surface area contributed by atoms with Crippen LogP contribution >= 0.6 is 0 Å². The third kappa shape index (κ3) is 4.79. The average molecular weight is 341 g/mol. The summed E-state index contributed by atoms with van der Waals surface area (Å²) in [7, 11) is 0. The minimum atomic E-state index is -0.328. The van der Waals surface area contributed by atoms with Crippen LogP contribution in [0.5, 0.6) is 0 Å². The van der Waals surface area contributed by atoms with Crippen LogP contribution < -0.4 is 5.32 Å². The molecule has 1 heterocycles. The lowest BCUT2D eigenvalue weighted by atomic mass is 10.2. The van der Waals surface area contributed by atoms with Gasteiger partial charge in [-0.15, -0.1) is 0 Å². The van der Waals surface area contributed by atoms with E-state index in [2.05, 4.69) is 34.5 Å². The molecule has 3 rings (SSSR count). The normalized spacial score (nSPS) is 16.5. The highest BCUT2D eigenvalue weighted by atomic mass is 19.1. The summed E-state index contributed by atoms with van der Waals surface area (Å²) >= 11 is 0. The van der Waals surface area contributed by atoms with Crippen molar-refractivity contribution in [3.05, 3.63) is 66.0 Å². The number of carbonyl (C=O) groups excluding carboxylic acids is 1. The number of nitrogens with one attached hydrogen (secondary N) is 1. The molecule has 0 aromatic heterocycles. The molecule has 5 heteroatoms. The first-order chi connectivity index (χ1) is 12.1. The van der Waals surface area contributed by atoms with Gasteiger partial charge in [-0.25, -0.2) is 4.39 Å². The third-order valence-electron chi connectivity index (χ3n) is 4.53. The first kappa shape index (κ1) is 17.4. The molecule has 132 valence electrons. The molecule has 0 saturated carbocycles. The minimum Gasteiger partial charge on any atom is -0.374 e. The van der Waals surface area contributed by atoms with Crippen LogP contribution in [0.1, 0.15) is 12.5 Å². The zero-order chi connectivity index (χ0) is 17.6. The third-order valence-corrected chi connectivity index (χ3v) is 4.53. The Bertz CT molecular complexity index is 682. The summed E-state index contributed by atoms with van der Waals surface area (Å²) in [6.45, 7) is 6.00. The molecule has 1 amide bonds. The number of carbonyl (C=O) groups is 1. The maximum Gasteiger partial charge on any atom is 0.244 e. The molecule has 4 nitrogen and oxygen atoms in total. The predicted octanol–water partition coefficient (Wildman–Crippen LogP) is 2.97. The molecule has 2 aromatic carbocycles. The summed E-state index contributed by atoms with van der Waals surface area (Å²) in [6.07, 6.45) is 0. The molecular formula is C20H24FN3O. The Morgan fingerprint density at radius 1 is 1.04 bits per heavy atom. The lowest BCUT2D eigenvalue weighted by Gasteiger charge is -2.36. The number of hydrogen-bond acceptors (Lipinski definition) is 3. The largest absolute Gasteiger partial charge is 0.374 e. The topological polar surface area (TPSA) is 35.6 Å². The van der Waals surface area contributed by atoms with E-state index in [1.165, 1.54) is 17.7 Å². The van der Waals surface area contributed by atoms with Crippen molar-refractivity contribution in [3.63, 3.8) is 0 Å². The monoisotopic (exact) mass is 341 g/mol. The lowest BCUT2D eigenvalue weighted by molar-refractivity contribution is -0.133. The van der Waals surface area contributed by atoms with E-state index in [4.69, 9.17) is 0 Å². The van der Waals surface area contributed by atoms with Gasteiger partial charge in [0.2, 0.25) is 5.91 Å². The van der Waals surface area contributed by atoms with Gasteiger partial charge in [0.05, 0.1) is 0 Å². The molecule has 1 aliphatic heterocycles. The van der Waals surface area contributed by atoms with Gasteiger partial charge >= 0.3 is 0 Å². The Labute approximate surface area is 148 Å². The SMILES string of the molecule is C[C@H](Nc1ccc(F)cc1)C(=O)N1CCN(Cc2ccccc2)CC1. The molecule has 2 aromatic rings. The molecule has 0 radical (unpaired) electrons. The summed E-state index contributed by atoms with van der Waals surface area (Å²) in [5.74, 6) is -0.192. The number of halogens is 1. The number of amides is 1. The van der Waals surface area contributed by atoms with Gasteiger partial charge in [0, 0.05) is 38.4 Å². The van der Waals surface area contributed by atoms with E-state index in [0.29, 0.717) is 0 Å². The molecular weight excluding hydrogens is 317 g/mol. The van der Waals surface area contributed by atoms with E-state index in [0.717, 1.165) is 38.4 Å². The average Bonchev–Trinajstić information content (AvgIpc) is 2.64. The van der Waals surface area contributed by atoms with Crippen LogP contribution in [0.3, 0.4) is 0 Å². The number of piperazine rings is 1. The number of hydrogen-bond donors (Lipinski definition) is 1. The van der Waals surface area contributed by atoms with Crippen molar-refractivity contribution in [1.82, 2.24) is 9.80 Å². The Morgan fingerprint density at radius 3 is 2.32 bits per heavy atom. The van der Waals surface area contributed by atoms with E-state index in [1.807, 2.05) is 17.9 Å². The summed E-state index contributed by atoms with van der Waals surface area (Å²) in [6, 6.07) is 16.1. The van der Waals surface area contributed by atoms with Gasteiger partial charge < -0.3 is 10.2 Å². The molecule has 25 heavy (non-hydrogen) atoms. The van der Waals surface area contributed by atoms with E-state index >= 15 is 0 Å². The van der Waals surface area contributed by atoms with Crippen LogP contribution in [-0.4, -0.2) is 47.9 Å². The Morgan fingerprint density at radius 2 is 1.68 bits per heavy atom. The van der Waals surface area contributed by atoms with E-state index in [1.54, 1.807) is 12.1 Å². The quantitative estimate of drug-likeness (QED) is 0.908. The maximum atomic E-state index is 13.0. The van der Waals surface area contributed by atoms with Gasteiger partial charge in [0.25, 0.3) is 0 Å². The molecule has 0 spiro atoms. The summed E-state index contributed by atoms with van der Waals surface area (Å²) in [5.41, 5.74) is 2.05. The van der Waals surface area contributed by atoms with Gasteiger partial charge in [-0.3, -0.25) is 9.69 Å². The maximum absolute atomic E-state index is 13.0. The Kier molecular flexibility index (Phi) is 5.66. The second-order valence-electron chi connectivity index (χ2n) is 6.46. The van der Waals surface area contributed by atoms with Crippen molar-refractivity contribution in [2.24, 2.45) is 0 Å². The van der Waals surface area contributed by atoms with Crippen molar-refractivity contribution in [3.8, 4) is 0 Å². The first-order valence-corrected chi connectivity index (χ1v) is 8.69. The molecule has 1 aliphatic rings. The number of benzene rings is 2. The lowest BCUT2D eigenvalue weighted by Crippen LogP contribution is -2.51. The predicted molar refractivity (Wildman–Crippen MR) is 97.8 cm³/mol. The van der Waals surface area contributed by atoms with Crippen LogP contribution in [0.2, 0.25) is 0 Å². The molecule has 1 fully saturated rings. The highest BCUT2D eigenvalue weighted by Gasteiger charge is 2.24. The summed E-state index contributed by atoms with van der Waals surface area (Å²) in [5, 5.41) is 3.15. The summed E-state index contributed by atoms with van der Waals surface area (Å²) in [4.78, 5) is 16.9. The number of nitrogens with zero attached hydrogens (tertiary/aromatic N) is 2. The van der Waals surface area contributed by atoms with Gasteiger partial charge in [0.15, 0.2) is 0 Å². The van der Waals surface area contributed by atoms with E-state index in [9.17, 15) is 9.18 Å². The zero-order valence-electron chi connectivity index (χ0n) is 14.5. The van der Waals surface area contributed by atoms with E-state index < -0.39 is 0 Å². The molecule has 0 bridgehead atoms. The standard InChI is InChI=1S/C20H24FN3O/c1-16(22-19-9-7-18(21)8-10-19)20(25)24-13-11-23(12-14-24)15-17-5-3-2-4-6-17/h2-10,16,22H,11-15H2,1H3/t16-/m0/s1. The van der Waals surface area contributed by atoms with Gasteiger partial charge in [-0.05, 0) is 36.8 Å². The van der Waals surface area contributed by atoms with Crippen molar-refractivity contribution in [2.75, 3.05) is 31.5 Å². The number of anilines is 1. The molecule has 0 aliphatic carbocycles. The molecule has 0 unspecified atom stereocenters. The molecule has 1 N–H and O–H groups in total.